The SMILES string of the molecule is c1ccc(-c2ncc3c4ccccc4n4c3c2CCCC4)cc1. The largest absolute Gasteiger partial charge is 0.340 e. The number of hydrogen-bond acceptors (Lipinski definition) is 1. The highest BCUT2D eigenvalue weighted by Gasteiger charge is 2.20. The van der Waals surface area contributed by atoms with E-state index in [1.165, 1.54) is 45.8 Å². The highest BCUT2D eigenvalue weighted by molar-refractivity contribution is 6.09. The van der Waals surface area contributed by atoms with Crippen molar-refractivity contribution in [3.05, 3.63) is 66.4 Å². The molecular weight excluding hydrogens is 280 g/mol. The van der Waals surface area contributed by atoms with Crippen molar-refractivity contribution in [3.63, 3.8) is 0 Å². The number of hydrogen-bond donors (Lipinski definition) is 0. The van der Waals surface area contributed by atoms with Gasteiger partial charge >= 0.3 is 0 Å². The fourth-order valence-corrected chi connectivity index (χ4v) is 3.99. The number of benzene rings is 2. The molecule has 112 valence electrons. The summed E-state index contributed by atoms with van der Waals surface area (Å²) in [6.07, 6.45) is 5.66. The van der Waals surface area contributed by atoms with Crippen molar-refractivity contribution >= 4 is 21.8 Å². The van der Waals surface area contributed by atoms with Crippen molar-refractivity contribution in [1.29, 1.82) is 0 Å². The van der Waals surface area contributed by atoms with Gasteiger partial charge in [-0.15, -0.1) is 0 Å². The maximum atomic E-state index is 4.87. The summed E-state index contributed by atoms with van der Waals surface area (Å²) < 4.78 is 2.51. The zero-order valence-corrected chi connectivity index (χ0v) is 13.0. The predicted molar refractivity (Wildman–Crippen MR) is 95.6 cm³/mol. The number of aromatic nitrogens is 2. The van der Waals surface area contributed by atoms with Gasteiger partial charge in [0.2, 0.25) is 0 Å². The van der Waals surface area contributed by atoms with Gasteiger partial charge in [0.05, 0.1) is 11.2 Å². The third-order valence-corrected chi connectivity index (χ3v) is 5.01. The Kier molecular flexibility index (Phi) is 2.77. The molecule has 3 heterocycles. The molecule has 0 radical (unpaired) electrons. The van der Waals surface area contributed by atoms with Crippen LogP contribution in [0.5, 0.6) is 0 Å². The minimum Gasteiger partial charge on any atom is -0.340 e. The molecule has 0 unspecified atom stereocenters. The molecule has 0 atom stereocenters. The number of pyridine rings is 1. The maximum Gasteiger partial charge on any atom is 0.0755 e. The van der Waals surface area contributed by atoms with Crippen molar-refractivity contribution in [2.24, 2.45) is 0 Å². The number of rotatable bonds is 1. The molecule has 23 heavy (non-hydrogen) atoms. The maximum absolute atomic E-state index is 4.87. The molecule has 5 rings (SSSR count). The zero-order valence-electron chi connectivity index (χ0n) is 13.0. The highest BCUT2D eigenvalue weighted by Crippen LogP contribution is 2.37. The summed E-state index contributed by atoms with van der Waals surface area (Å²) in [4.78, 5) is 4.87. The van der Waals surface area contributed by atoms with Crippen LogP contribution in [0.4, 0.5) is 0 Å². The van der Waals surface area contributed by atoms with Crippen molar-refractivity contribution in [2.45, 2.75) is 25.8 Å². The molecule has 1 aliphatic rings. The molecule has 0 N–H and O–H groups in total. The second-order valence-electron chi connectivity index (χ2n) is 6.34. The van der Waals surface area contributed by atoms with Crippen molar-refractivity contribution in [3.8, 4) is 11.3 Å². The Balaban J connectivity index is 1.93. The Morgan fingerprint density at radius 1 is 0.826 bits per heavy atom. The molecule has 0 saturated heterocycles. The van der Waals surface area contributed by atoms with E-state index in [2.05, 4.69) is 65.4 Å². The summed E-state index contributed by atoms with van der Waals surface area (Å²) in [5.74, 6) is 0. The van der Waals surface area contributed by atoms with Crippen LogP contribution in [0.3, 0.4) is 0 Å². The van der Waals surface area contributed by atoms with Gasteiger partial charge in [-0.3, -0.25) is 4.98 Å². The lowest BCUT2D eigenvalue weighted by molar-refractivity contribution is 0.657. The third kappa shape index (κ3) is 1.84. The summed E-state index contributed by atoms with van der Waals surface area (Å²) >= 11 is 0. The number of aryl methyl sites for hydroxylation is 2. The molecule has 2 nitrogen and oxygen atoms in total. The van der Waals surface area contributed by atoms with E-state index in [1.807, 2.05) is 0 Å². The first-order valence-corrected chi connectivity index (χ1v) is 8.38. The van der Waals surface area contributed by atoms with E-state index >= 15 is 0 Å². The lowest BCUT2D eigenvalue weighted by Crippen LogP contribution is -1.97. The summed E-state index contributed by atoms with van der Waals surface area (Å²) in [6.45, 7) is 1.11. The average Bonchev–Trinajstić information content (AvgIpc) is 2.77. The highest BCUT2D eigenvalue weighted by atomic mass is 15.0. The van der Waals surface area contributed by atoms with E-state index in [0.29, 0.717) is 0 Å². The molecule has 1 aliphatic heterocycles. The molecule has 0 amide bonds. The van der Waals surface area contributed by atoms with Crippen molar-refractivity contribution in [2.75, 3.05) is 0 Å². The van der Waals surface area contributed by atoms with Gasteiger partial charge in [-0.25, -0.2) is 0 Å². The van der Waals surface area contributed by atoms with Crippen LogP contribution in [-0.4, -0.2) is 9.55 Å². The van der Waals surface area contributed by atoms with E-state index < -0.39 is 0 Å². The van der Waals surface area contributed by atoms with Gasteiger partial charge in [0.25, 0.3) is 0 Å². The normalized spacial score (nSPS) is 14.3. The van der Waals surface area contributed by atoms with Crippen molar-refractivity contribution < 1.29 is 0 Å². The van der Waals surface area contributed by atoms with Crippen LogP contribution in [0.2, 0.25) is 0 Å². The van der Waals surface area contributed by atoms with Crippen LogP contribution in [0.25, 0.3) is 33.1 Å². The van der Waals surface area contributed by atoms with Gasteiger partial charge < -0.3 is 4.57 Å². The minimum absolute atomic E-state index is 1.11. The van der Waals surface area contributed by atoms with Gasteiger partial charge in [0.1, 0.15) is 0 Å². The first kappa shape index (κ1) is 12.9. The van der Waals surface area contributed by atoms with Crippen molar-refractivity contribution in [1.82, 2.24) is 9.55 Å². The fourth-order valence-electron chi connectivity index (χ4n) is 3.99. The molecule has 2 aromatic heterocycles. The molecule has 0 bridgehead atoms. The molecule has 0 fully saturated rings. The zero-order chi connectivity index (χ0) is 15.2. The van der Waals surface area contributed by atoms with E-state index in [9.17, 15) is 0 Å². The molecule has 2 aromatic carbocycles. The fraction of sp³-hybridized carbons (Fsp3) is 0.190. The Morgan fingerprint density at radius 2 is 1.65 bits per heavy atom. The molecule has 0 spiro atoms. The van der Waals surface area contributed by atoms with Crippen LogP contribution in [0, 0.1) is 0 Å². The summed E-state index contributed by atoms with van der Waals surface area (Å²) in [7, 11) is 0. The van der Waals surface area contributed by atoms with Crippen LogP contribution in [0.15, 0.2) is 60.8 Å². The summed E-state index contributed by atoms with van der Waals surface area (Å²) in [5, 5.41) is 2.63. The summed E-state index contributed by atoms with van der Waals surface area (Å²) in [5.41, 5.74) is 6.55. The number of para-hydroxylation sites is 1. The summed E-state index contributed by atoms with van der Waals surface area (Å²) in [6, 6.07) is 19.3. The standard InChI is InChI=1S/C21H18N2/c1-2-8-15(9-3-1)20-17-11-6-7-13-23-19-12-5-4-10-16(19)18(14-22-20)21(17)23/h1-5,8-10,12,14H,6-7,11,13H2. The topological polar surface area (TPSA) is 17.8 Å². The Hall–Kier alpha value is -2.61. The molecule has 4 aromatic rings. The molecular formula is C21H18N2. The van der Waals surface area contributed by atoms with Gasteiger partial charge in [-0.2, -0.15) is 0 Å². The number of fused-ring (bicyclic) bond motifs is 3. The smallest absolute Gasteiger partial charge is 0.0755 e. The van der Waals surface area contributed by atoms with Gasteiger partial charge in [-0.1, -0.05) is 48.5 Å². The van der Waals surface area contributed by atoms with E-state index in [-0.39, 0.29) is 0 Å². The first-order valence-electron chi connectivity index (χ1n) is 8.38. The molecule has 0 saturated carbocycles. The van der Waals surface area contributed by atoms with Crippen LogP contribution < -0.4 is 0 Å². The monoisotopic (exact) mass is 298 g/mol. The second kappa shape index (κ2) is 4.95. The van der Waals surface area contributed by atoms with Crippen LogP contribution in [-0.2, 0) is 13.0 Å². The minimum atomic E-state index is 1.11. The lowest BCUT2D eigenvalue weighted by Gasteiger charge is -2.10. The number of nitrogens with zero attached hydrogens (tertiary/aromatic N) is 2. The Morgan fingerprint density at radius 3 is 2.57 bits per heavy atom. The van der Waals surface area contributed by atoms with Gasteiger partial charge in [0.15, 0.2) is 0 Å². The quantitative estimate of drug-likeness (QED) is 0.472. The Labute approximate surface area is 135 Å². The molecule has 0 aliphatic carbocycles. The van der Waals surface area contributed by atoms with Gasteiger partial charge in [0, 0.05) is 40.2 Å². The predicted octanol–water partition coefficient (Wildman–Crippen LogP) is 5.19. The van der Waals surface area contributed by atoms with Gasteiger partial charge in [-0.05, 0) is 25.3 Å². The second-order valence-corrected chi connectivity index (χ2v) is 6.34. The average molecular weight is 298 g/mol. The Bertz CT molecular complexity index is 1010. The molecule has 2 heteroatoms. The van der Waals surface area contributed by atoms with E-state index in [4.69, 9.17) is 4.98 Å². The van der Waals surface area contributed by atoms with E-state index in [0.717, 1.165) is 18.7 Å². The lowest BCUT2D eigenvalue weighted by atomic mass is 9.99. The first-order chi connectivity index (χ1) is 11.4. The third-order valence-electron chi connectivity index (χ3n) is 5.01. The van der Waals surface area contributed by atoms with Crippen LogP contribution >= 0.6 is 0 Å². The van der Waals surface area contributed by atoms with E-state index in [1.54, 1.807) is 0 Å². The van der Waals surface area contributed by atoms with Crippen LogP contribution in [0.1, 0.15) is 18.4 Å².